The summed E-state index contributed by atoms with van der Waals surface area (Å²) in [4.78, 5) is 36.3. The van der Waals surface area contributed by atoms with Gasteiger partial charge in [-0.3, -0.25) is 14.4 Å². The van der Waals surface area contributed by atoms with Gasteiger partial charge >= 0.3 is 5.97 Å². The zero-order valence-corrected chi connectivity index (χ0v) is 15.3. The minimum Gasteiger partial charge on any atom is -0.481 e. The van der Waals surface area contributed by atoms with Crippen molar-refractivity contribution in [1.82, 2.24) is 10.2 Å². The summed E-state index contributed by atoms with van der Waals surface area (Å²) in [5.41, 5.74) is 0.901. The summed E-state index contributed by atoms with van der Waals surface area (Å²) in [6, 6.07) is 7.50. The van der Waals surface area contributed by atoms with E-state index in [1.807, 2.05) is 31.2 Å². The van der Waals surface area contributed by atoms with Gasteiger partial charge in [0.2, 0.25) is 11.8 Å². The number of amides is 2. The van der Waals surface area contributed by atoms with Crippen molar-refractivity contribution >= 4 is 33.7 Å². The first-order chi connectivity index (χ1) is 11.4. The Bertz CT molecular complexity index is 577. The van der Waals surface area contributed by atoms with Crippen molar-refractivity contribution < 1.29 is 19.5 Å². The van der Waals surface area contributed by atoms with Gasteiger partial charge < -0.3 is 15.3 Å². The molecule has 0 radical (unpaired) electrons. The van der Waals surface area contributed by atoms with E-state index < -0.39 is 5.97 Å². The van der Waals surface area contributed by atoms with Gasteiger partial charge in [-0.1, -0.05) is 35.0 Å². The van der Waals surface area contributed by atoms with Gasteiger partial charge in [0, 0.05) is 36.9 Å². The number of nitrogens with one attached hydrogen (secondary N) is 1. The number of carbonyl (C=O) groups is 3. The topological polar surface area (TPSA) is 86.7 Å². The smallest absolute Gasteiger partial charge is 0.305 e. The van der Waals surface area contributed by atoms with Gasteiger partial charge in [-0.15, -0.1) is 0 Å². The molecule has 0 atom stereocenters. The molecule has 24 heavy (non-hydrogen) atoms. The molecule has 0 heterocycles. The first kappa shape index (κ1) is 20.2. The summed E-state index contributed by atoms with van der Waals surface area (Å²) >= 11 is 3.37. The molecule has 0 aliphatic heterocycles. The van der Waals surface area contributed by atoms with Crippen molar-refractivity contribution in [2.24, 2.45) is 0 Å². The molecule has 1 rings (SSSR count). The fourth-order valence-electron chi connectivity index (χ4n) is 2.11. The third-order valence-corrected chi connectivity index (χ3v) is 3.84. The van der Waals surface area contributed by atoms with Crippen LogP contribution in [0.2, 0.25) is 0 Å². The lowest BCUT2D eigenvalue weighted by molar-refractivity contribution is -0.139. The molecule has 7 heteroatoms. The Morgan fingerprint density at radius 3 is 2.58 bits per heavy atom. The SMILES string of the molecule is CCCNC(=O)CCC(=O)N(CCC(=O)O)Cc1cccc(Br)c1. The first-order valence-electron chi connectivity index (χ1n) is 7.93. The molecular formula is C17H23BrN2O4. The number of carbonyl (C=O) groups excluding carboxylic acids is 2. The highest BCUT2D eigenvalue weighted by Crippen LogP contribution is 2.14. The summed E-state index contributed by atoms with van der Waals surface area (Å²) in [7, 11) is 0. The number of hydrogen-bond donors (Lipinski definition) is 2. The van der Waals surface area contributed by atoms with Crippen LogP contribution in [0.4, 0.5) is 0 Å². The highest BCUT2D eigenvalue weighted by molar-refractivity contribution is 9.10. The van der Waals surface area contributed by atoms with Crippen LogP contribution in [0.25, 0.3) is 0 Å². The monoisotopic (exact) mass is 398 g/mol. The molecule has 0 aliphatic carbocycles. The molecule has 132 valence electrons. The summed E-state index contributed by atoms with van der Waals surface area (Å²) in [6.45, 7) is 2.99. The molecule has 2 N–H and O–H groups in total. The maximum absolute atomic E-state index is 12.4. The third kappa shape index (κ3) is 8.10. The highest BCUT2D eigenvalue weighted by Gasteiger charge is 2.16. The Kier molecular flexibility index (Phi) is 9.07. The number of benzene rings is 1. The minimum atomic E-state index is -0.956. The first-order valence-corrected chi connectivity index (χ1v) is 8.72. The predicted molar refractivity (Wildman–Crippen MR) is 94.3 cm³/mol. The molecule has 0 spiro atoms. The van der Waals surface area contributed by atoms with E-state index in [-0.39, 0.29) is 37.6 Å². The Labute approximate surface area is 150 Å². The average molecular weight is 399 g/mol. The van der Waals surface area contributed by atoms with Crippen LogP contribution in [0, 0.1) is 0 Å². The van der Waals surface area contributed by atoms with Crippen molar-refractivity contribution in [3.63, 3.8) is 0 Å². The number of rotatable bonds is 10. The fraction of sp³-hybridized carbons (Fsp3) is 0.471. The van der Waals surface area contributed by atoms with Gasteiger partial charge in [0.05, 0.1) is 6.42 Å². The zero-order valence-electron chi connectivity index (χ0n) is 13.8. The Morgan fingerprint density at radius 1 is 1.21 bits per heavy atom. The van der Waals surface area contributed by atoms with E-state index in [0.29, 0.717) is 13.1 Å². The predicted octanol–water partition coefficient (Wildman–Crippen LogP) is 2.56. The highest BCUT2D eigenvalue weighted by atomic mass is 79.9. The van der Waals surface area contributed by atoms with Gasteiger partial charge in [0.25, 0.3) is 0 Å². The van der Waals surface area contributed by atoms with Crippen LogP contribution < -0.4 is 5.32 Å². The van der Waals surface area contributed by atoms with Crippen LogP contribution in [0.5, 0.6) is 0 Å². The molecule has 0 unspecified atom stereocenters. The lowest BCUT2D eigenvalue weighted by Gasteiger charge is -2.22. The van der Waals surface area contributed by atoms with Crippen LogP contribution in [0.3, 0.4) is 0 Å². The molecule has 2 amide bonds. The van der Waals surface area contributed by atoms with Crippen molar-refractivity contribution in [2.75, 3.05) is 13.1 Å². The van der Waals surface area contributed by atoms with Crippen LogP contribution in [-0.2, 0) is 20.9 Å². The van der Waals surface area contributed by atoms with E-state index in [2.05, 4.69) is 21.2 Å². The third-order valence-electron chi connectivity index (χ3n) is 3.35. The second kappa shape index (κ2) is 10.8. The average Bonchev–Trinajstić information content (AvgIpc) is 2.54. The van der Waals surface area contributed by atoms with Crippen molar-refractivity contribution in [1.29, 1.82) is 0 Å². The number of nitrogens with zero attached hydrogens (tertiary/aromatic N) is 1. The number of hydrogen-bond acceptors (Lipinski definition) is 3. The molecular weight excluding hydrogens is 376 g/mol. The Morgan fingerprint density at radius 2 is 1.96 bits per heavy atom. The number of aliphatic carboxylic acids is 1. The molecule has 0 aromatic heterocycles. The Hall–Kier alpha value is -1.89. The van der Waals surface area contributed by atoms with Crippen LogP contribution in [0.1, 0.15) is 38.2 Å². The largest absolute Gasteiger partial charge is 0.481 e. The molecule has 0 fully saturated rings. The molecule has 1 aromatic rings. The molecule has 0 aliphatic rings. The maximum Gasteiger partial charge on any atom is 0.305 e. The van der Waals surface area contributed by atoms with E-state index in [9.17, 15) is 14.4 Å². The summed E-state index contributed by atoms with van der Waals surface area (Å²) < 4.78 is 0.893. The summed E-state index contributed by atoms with van der Waals surface area (Å²) in [5.74, 6) is -1.34. The standard InChI is InChI=1S/C17H23BrN2O4/c1-2-9-19-15(21)6-7-16(22)20(10-8-17(23)24)12-13-4-3-5-14(18)11-13/h3-5,11H,2,6-10,12H2,1H3,(H,19,21)(H,23,24). The minimum absolute atomic E-state index is 0.0726. The normalized spacial score (nSPS) is 10.2. The van der Waals surface area contributed by atoms with E-state index >= 15 is 0 Å². The number of halogens is 1. The zero-order chi connectivity index (χ0) is 17.9. The number of carboxylic acids is 1. The van der Waals surface area contributed by atoms with E-state index in [0.717, 1.165) is 16.5 Å². The second-order valence-corrected chi connectivity index (χ2v) is 6.35. The van der Waals surface area contributed by atoms with Gasteiger partial charge in [0.15, 0.2) is 0 Å². The second-order valence-electron chi connectivity index (χ2n) is 5.44. The Balaban J connectivity index is 2.64. The van der Waals surface area contributed by atoms with Crippen molar-refractivity contribution in [3.05, 3.63) is 34.3 Å². The van der Waals surface area contributed by atoms with Crippen molar-refractivity contribution in [3.8, 4) is 0 Å². The summed E-state index contributed by atoms with van der Waals surface area (Å²) in [5, 5.41) is 11.6. The van der Waals surface area contributed by atoms with E-state index in [1.54, 1.807) is 0 Å². The molecule has 0 bridgehead atoms. The van der Waals surface area contributed by atoms with Gasteiger partial charge in [-0.25, -0.2) is 0 Å². The quantitative estimate of drug-likeness (QED) is 0.633. The maximum atomic E-state index is 12.4. The molecule has 0 saturated carbocycles. The van der Waals surface area contributed by atoms with Crippen molar-refractivity contribution in [2.45, 2.75) is 39.2 Å². The molecule has 6 nitrogen and oxygen atoms in total. The van der Waals surface area contributed by atoms with Gasteiger partial charge in [-0.2, -0.15) is 0 Å². The summed E-state index contributed by atoms with van der Waals surface area (Å²) in [6.07, 6.45) is 0.902. The molecule has 1 aromatic carbocycles. The van der Waals surface area contributed by atoms with Crippen LogP contribution in [-0.4, -0.2) is 40.9 Å². The lowest BCUT2D eigenvalue weighted by Crippen LogP contribution is -2.34. The van der Waals surface area contributed by atoms with Gasteiger partial charge in [0.1, 0.15) is 0 Å². The fourth-order valence-corrected chi connectivity index (χ4v) is 2.56. The van der Waals surface area contributed by atoms with Crippen LogP contribution >= 0.6 is 15.9 Å². The van der Waals surface area contributed by atoms with E-state index in [1.165, 1.54) is 4.90 Å². The van der Waals surface area contributed by atoms with Crippen LogP contribution in [0.15, 0.2) is 28.7 Å². The lowest BCUT2D eigenvalue weighted by atomic mass is 10.2. The van der Waals surface area contributed by atoms with Gasteiger partial charge in [-0.05, 0) is 24.1 Å². The number of carboxylic acid groups (broad SMARTS) is 1. The van der Waals surface area contributed by atoms with E-state index in [4.69, 9.17) is 5.11 Å². The molecule has 0 saturated heterocycles.